The van der Waals surface area contributed by atoms with Crippen LogP contribution in [-0.4, -0.2) is 23.2 Å². The Hall–Kier alpha value is -1.02. The van der Waals surface area contributed by atoms with Gasteiger partial charge in [-0.05, 0) is 31.4 Å². The van der Waals surface area contributed by atoms with Gasteiger partial charge in [0.05, 0.1) is 0 Å². The predicted octanol–water partition coefficient (Wildman–Crippen LogP) is 3.36. The van der Waals surface area contributed by atoms with Crippen molar-refractivity contribution in [1.82, 2.24) is 4.90 Å². The molecule has 94 valence electrons. The Bertz CT molecular complexity index is 365. The minimum absolute atomic E-state index is 0.191. The van der Waals surface area contributed by atoms with Crippen LogP contribution in [0.5, 0.6) is 0 Å². The monoisotopic (exact) mass is 253 g/mol. The summed E-state index contributed by atoms with van der Waals surface area (Å²) in [6.45, 7) is 5.53. The van der Waals surface area contributed by atoms with E-state index in [0.29, 0.717) is 18.8 Å². The Morgan fingerprint density at radius 1 is 1.35 bits per heavy atom. The number of halogens is 1. The maximum absolute atomic E-state index is 11.9. The van der Waals surface area contributed by atoms with Crippen LogP contribution in [0.4, 0.5) is 0 Å². The first kappa shape index (κ1) is 14.0. The number of hydrogen-bond acceptors (Lipinski definition) is 1. The van der Waals surface area contributed by atoms with Crippen molar-refractivity contribution in [2.45, 2.75) is 33.2 Å². The highest BCUT2D eigenvalue weighted by molar-refractivity contribution is 6.17. The van der Waals surface area contributed by atoms with Crippen LogP contribution in [0, 0.1) is 6.92 Å². The van der Waals surface area contributed by atoms with E-state index in [4.69, 9.17) is 11.6 Å². The summed E-state index contributed by atoms with van der Waals surface area (Å²) >= 11 is 5.61. The van der Waals surface area contributed by atoms with Crippen molar-refractivity contribution >= 4 is 17.5 Å². The topological polar surface area (TPSA) is 20.3 Å². The fourth-order valence-electron chi connectivity index (χ4n) is 1.75. The molecule has 0 radical (unpaired) electrons. The molecular weight excluding hydrogens is 234 g/mol. The Labute approximate surface area is 109 Å². The zero-order chi connectivity index (χ0) is 12.7. The first-order chi connectivity index (χ1) is 8.19. The van der Waals surface area contributed by atoms with Crippen molar-refractivity contribution in [3.05, 3.63) is 35.4 Å². The van der Waals surface area contributed by atoms with Crippen molar-refractivity contribution in [2.75, 3.05) is 12.4 Å². The molecule has 0 aliphatic heterocycles. The molecular formula is C14H20ClNO. The van der Waals surface area contributed by atoms with E-state index in [1.165, 1.54) is 11.1 Å². The number of aryl methyl sites for hydroxylation is 1. The molecule has 1 rings (SSSR count). The van der Waals surface area contributed by atoms with Crippen LogP contribution in [-0.2, 0) is 11.3 Å². The van der Waals surface area contributed by atoms with E-state index >= 15 is 0 Å². The molecule has 0 spiro atoms. The first-order valence-corrected chi connectivity index (χ1v) is 6.60. The molecule has 0 bridgehead atoms. The maximum atomic E-state index is 11.9. The molecule has 0 fully saturated rings. The molecule has 0 atom stereocenters. The summed E-state index contributed by atoms with van der Waals surface area (Å²) in [7, 11) is 0. The summed E-state index contributed by atoms with van der Waals surface area (Å²) in [5, 5.41) is 0. The molecule has 1 amide bonds. The molecule has 3 heteroatoms. The van der Waals surface area contributed by atoms with Gasteiger partial charge in [0, 0.05) is 25.4 Å². The smallest absolute Gasteiger partial charge is 0.222 e. The third kappa shape index (κ3) is 4.39. The van der Waals surface area contributed by atoms with Crippen molar-refractivity contribution in [2.24, 2.45) is 0 Å². The zero-order valence-corrected chi connectivity index (χ0v) is 11.3. The van der Waals surface area contributed by atoms with Crippen LogP contribution < -0.4 is 0 Å². The number of carbonyl (C=O) groups excluding carboxylic acids is 1. The summed E-state index contributed by atoms with van der Waals surface area (Å²) < 4.78 is 0. The molecule has 0 N–H and O–H groups in total. The van der Waals surface area contributed by atoms with E-state index < -0.39 is 0 Å². The van der Waals surface area contributed by atoms with E-state index in [0.717, 1.165) is 13.0 Å². The molecule has 0 aromatic heterocycles. The van der Waals surface area contributed by atoms with Crippen LogP contribution in [0.25, 0.3) is 0 Å². The predicted molar refractivity (Wildman–Crippen MR) is 72.2 cm³/mol. The normalized spacial score (nSPS) is 10.3. The van der Waals surface area contributed by atoms with Crippen molar-refractivity contribution in [1.29, 1.82) is 0 Å². The molecule has 0 heterocycles. The second-order valence-electron chi connectivity index (χ2n) is 4.13. The molecule has 2 nitrogen and oxygen atoms in total. The average molecular weight is 254 g/mol. The van der Waals surface area contributed by atoms with Gasteiger partial charge in [-0.15, -0.1) is 11.6 Å². The minimum Gasteiger partial charge on any atom is -0.339 e. The number of nitrogens with zero attached hydrogens (tertiary/aromatic N) is 1. The fourth-order valence-corrected chi connectivity index (χ4v) is 1.88. The third-order valence-corrected chi connectivity index (χ3v) is 3.15. The average Bonchev–Trinajstić information content (AvgIpc) is 2.35. The molecule has 0 aliphatic rings. The molecule has 0 unspecified atom stereocenters. The van der Waals surface area contributed by atoms with Gasteiger partial charge in [-0.3, -0.25) is 4.79 Å². The number of rotatable bonds is 6. The van der Waals surface area contributed by atoms with Gasteiger partial charge in [0.15, 0.2) is 0 Å². The van der Waals surface area contributed by atoms with Crippen molar-refractivity contribution < 1.29 is 4.79 Å². The zero-order valence-electron chi connectivity index (χ0n) is 10.6. The van der Waals surface area contributed by atoms with Gasteiger partial charge in [0.2, 0.25) is 5.91 Å². The van der Waals surface area contributed by atoms with Crippen LogP contribution in [0.3, 0.4) is 0 Å². The number of amides is 1. The van der Waals surface area contributed by atoms with Gasteiger partial charge in [-0.2, -0.15) is 0 Å². The van der Waals surface area contributed by atoms with E-state index in [1.807, 2.05) is 24.0 Å². The lowest BCUT2D eigenvalue weighted by molar-refractivity contribution is -0.131. The van der Waals surface area contributed by atoms with Gasteiger partial charge in [0.25, 0.3) is 0 Å². The second kappa shape index (κ2) is 7.33. The molecule has 0 saturated heterocycles. The van der Waals surface area contributed by atoms with Gasteiger partial charge < -0.3 is 4.90 Å². The second-order valence-corrected chi connectivity index (χ2v) is 4.50. The third-order valence-electron chi connectivity index (χ3n) is 2.88. The molecule has 0 aliphatic carbocycles. The van der Waals surface area contributed by atoms with Crippen LogP contribution in [0.2, 0.25) is 0 Å². The standard InChI is InChI=1S/C14H20ClNO/c1-3-16(14(17)9-6-10-15)11-13-8-5-4-7-12(13)2/h4-5,7-8H,3,6,9-11H2,1-2H3. The van der Waals surface area contributed by atoms with Crippen LogP contribution >= 0.6 is 11.6 Å². The molecule has 0 saturated carbocycles. The van der Waals surface area contributed by atoms with Crippen molar-refractivity contribution in [3.8, 4) is 0 Å². The summed E-state index contributed by atoms with van der Waals surface area (Å²) in [5.41, 5.74) is 2.45. The molecule has 1 aromatic rings. The number of alkyl halides is 1. The summed E-state index contributed by atoms with van der Waals surface area (Å²) in [4.78, 5) is 13.8. The van der Waals surface area contributed by atoms with Gasteiger partial charge in [0.1, 0.15) is 0 Å². The number of hydrogen-bond donors (Lipinski definition) is 0. The van der Waals surface area contributed by atoms with E-state index in [2.05, 4.69) is 19.1 Å². The quantitative estimate of drug-likeness (QED) is 0.712. The SMILES string of the molecule is CCN(Cc1ccccc1C)C(=O)CCCCl. The number of benzene rings is 1. The number of carbonyl (C=O) groups is 1. The first-order valence-electron chi connectivity index (χ1n) is 6.07. The van der Waals surface area contributed by atoms with E-state index in [1.54, 1.807) is 0 Å². The summed E-state index contributed by atoms with van der Waals surface area (Å²) in [6, 6.07) is 8.18. The van der Waals surface area contributed by atoms with E-state index in [-0.39, 0.29) is 5.91 Å². The fraction of sp³-hybridized carbons (Fsp3) is 0.500. The highest BCUT2D eigenvalue weighted by Crippen LogP contribution is 2.11. The van der Waals surface area contributed by atoms with Gasteiger partial charge in [-0.25, -0.2) is 0 Å². The molecule has 17 heavy (non-hydrogen) atoms. The lowest BCUT2D eigenvalue weighted by Gasteiger charge is -2.21. The Kier molecular flexibility index (Phi) is 6.06. The maximum Gasteiger partial charge on any atom is 0.222 e. The van der Waals surface area contributed by atoms with E-state index in [9.17, 15) is 4.79 Å². The minimum atomic E-state index is 0.191. The molecule has 1 aromatic carbocycles. The van der Waals surface area contributed by atoms with Gasteiger partial charge in [-0.1, -0.05) is 24.3 Å². The van der Waals surface area contributed by atoms with Crippen molar-refractivity contribution in [3.63, 3.8) is 0 Å². The largest absolute Gasteiger partial charge is 0.339 e. The Balaban J connectivity index is 2.63. The Morgan fingerprint density at radius 2 is 2.06 bits per heavy atom. The summed E-state index contributed by atoms with van der Waals surface area (Å²) in [5.74, 6) is 0.740. The Morgan fingerprint density at radius 3 is 2.65 bits per heavy atom. The summed E-state index contributed by atoms with van der Waals surface area (Å²) in [6.07, 6.45) is 1.30. The highest BCUT2D eigenvalue weighted by atomic mass is 35.5. The lowest BCUT2D eigenvalue weighted by Crippen LogP contribution is -2.30. The van der Waals surface area contributed by atoms with Crippen LogP contribution in [0.1, 0.15) is 30.9 Å². The highest BCUT2D eigenvalue weighted by Gasteiger charge is 2.12. The van der Waals surface area contributed by atoms with Gasteiger partial charge >= 0.3 is 0 Å². The van der Waals surface area contributed by atoms with Crippen LogP contribution in [0.15, 0.2) is 24.3 Å². The lowest BCUT2D eigenvalue weighted by atomic mass is 10.1.